The average molecular weight is 435 g/mol. The fraction of sp³-hybridized carbons (Fsp3) is 0.429. The molecule has 8 heteroatoms. The maximum atomic E-state index is 12.6. The quantitative estimate of drug-likeness (QED) is 0.673. The van der Waals surface area contributed by atoms with Crippen molar-refractivity contribution in [3.05, 3.63) is 42.2 Å². The monoisotopic (exact) mass is 434 g/mol. The van der Waals surface area contributed by atoms with Crippen LogP contribution in [0, 0.1) is 0 Å². The summed E-state index contributed by atoms with van der Waals surface area (Å²) < 4.78 is 11.2. The van der Waals surface area contributed by atoms with Crippen LogP contribution in [0.15, 0.2) is 40.8 Å². The van der Waals surface area contributed by atoms with Gasteiger partial charge in [-0.05, 0) is 49.2 Å². The number of thioether (sulfide) groups is 1. The number of carbonyl (C=O) groups excluding carboxylic acids is 2. The number of nitrogens with zero attached hydrogens (tertiary/aromatic N) is 2. The van der Waals surface area contributed by atoms with E-state index in [2.05, 4.69) is 0 Å². The van der Waals surface area contributed by atoms with Gasteiger partial charge in [-0.25, -0.2) is 0 Å². The minimum atomic E-state index is -0.271. The Kier molecular flexibility index (Phi) is 5.79. The number of amides is 2. The van der Waals surface area contributed by atoms with E-state index in [1.165, 1.54) is 0 Å². The lowest BCUT2D eigenvalue weighted by Gasteiger charge is -2.43. The van der Waals surface area contributed by atoms with Crippen molar-refractivity contribution < 1.29 is 18.7 Å². The second-order valence-corrected chi connectivity index (χ2v) is 8.83. The zero-order chi connectivity index (χ0) is 20.4. The molecular weight excluding hydrogens is 412 g/mol. The normalized spacial score (nSPS) is 18.5. The number of hydrogen-bond acceptors (Lipinski definition) is 5. The summed E-state index contributed by atoms with van der Waals surface area (Å²) in [4.78, 5) is 27.9. The molecule has 0 saturated carbocycles. The van der Waals surface area contributed by atoms with Crippen molar-refractivity contribution in [2.24, 2.45) is 0 Å². The van der Waals surface area contributed by atoms with Gasteiger partial charge in [0.15, 0.2) is 0 Å². The molecule has 2 fully saturated rings. The molecule has 2 aromatic rings. The summed E-state index contributed by atoms with van der Waals surface area (Å²) in [5, 5.41) is 0. The third kappa shape index (κ3) is 3.98. The molecule has 0 unspecified atom stereocenters. The maximum absolute atomic E-state index is 12.6. The van der Waals surface area contributed by atoms with Crippen LogP contribution in [0.3, 0.4) is 0 Å². The molecule has 4 rings (SSSR count). The van der Waals surface area contributed by atoms with Gasteiger partial charge in [0, 0.05) is 18.7 Å². The molecule has 154 valence electrons. The summed E-state index contributed by atoms with van der Waals surface area (Å²) in [6, 6.07) is 11.5. The Hall–Kier alpha value is -2.12. The van der Waals surface area contributed by atoms with Gasteiger partial charge in [-0.15, -0.1) is 23.4 Å². The van der Waals surface area contributed by atoms with E-state index < -0.39 is 0 Å². The van der Waals surface area contributed by atoms with Gasteiger partial charge >= 0.3 is 0 Å². The van der Waals surface area contributed by atoms with Gasteiger partial charge in [-0.3, -0.25) is 9.59 Å². The van der Waals surface area contributed by atoms with Crippen LogP contribution in [0.4, 0.5) is 0 Å². The molecule has 1 spiro atoms. The SMILES string of the molecule is COc1ccc(-c2ccc(CN3C(=O)CSC34CCN(C(=O)CCl)CC4)o2)cc1. The fourth-order valence-electron chi connectivity index (χ4n) is 3.94. The smallest absolute Gasteiger partial charge is 0.237 e. The largest absolute Gasteiger partial charge is 0.497 e. The van der Waals surface area contributed by atoms with Crippen LogP contribution >= 0.6 is 23.4 Å². The second kappa shape index (κ2) is 8.32. The molecule has 2 aliphatic rings. The van der Waals surface area contributed by atoms with Crippen LogP contribution in [0.25, 0.3) is 11.3 Å². The Morgan fingerprint density at radius 3 is 2.59 bits per heavy atom. The van der Waals surface area contributed by atoms with Gasteiger partial charge in [-0.1, -0.05) is 0 Å². The standard InChI is InChI=1S/C21H23ClN2O4S/c1-27-16-4-2-15(3-5-16)18-7-6-17(28-18)13-24-20(26)14-29-21(24)8-10-23(11-9-21)19(25)12-22/h2-7H,8-14H2,1H3. The van der Waals surface area contributed by atoms with Crippen LogP contribution in [-0.4, -0.2) is 58.3 Å². The van der Waals surface area contributed by atoms with E-state index >= 15 is 0 Å². The first-order valence-corrected chi connectivity index (χ1v) is 11.1. The molecule has 0 radical (unpaired) electrons. The zero-order valence-electron chi connectivity index (χ0n) is 16.2. The summed E-state index contributed by atoms with van der Waals surface area (Å²) in [7, 11) is 1.64. The number of piperidine rings is 1. The number of furan rings is 1. The Bertz CT molecular complexity index is 890. The minimum absolute atomic E-state index is 0.00329. The van der Waals surface area contributed by atoms with Crippen LogP contribution in [0.2, 0.25) is 0 Å². The number of carbonyl (C=O) groups is 2. The van der Waals surface area contributed by atoms with E-state index in [1.54, 1.807) is 23.8 Å². The Morgan fingerprint density at radius 1 is 1.21 bits per heavy atom. The lowest BCUT2D eigenvalue weighted by Crippen LogP contribution is -2.52. The van der Waals surface area contributed by atoms with Crippen molar-refractivity contribution in [2.75, 3.05) is 31.8 Å². The van der Waals surface area contributed by atoms with Crippen LogP contribution in [0.5, 0.6) is 5.75 Å². The summed E-state index contributed by atoms with van der Waals surface area (Å²) >= 11 is 7.36. The summed E-state index contributed by atoms with van der Waals surface area (Å²) in [5.74, 6) is 2.86. The number of benzene rings is 1. The maximum Gasteiger partial charge on any atom is 0.237 e. The Morgan fingerprint density at radius 2 is 1.93 bits per heavy atom. The number of rotatable bonds is 5. The summed E-state index contributed by atoms with van der Waals surface area (Å²) in [6.07, 6.45) is 1.50. The number of halogens is 1. The molecule has 6 nitrogen and oxygen atoms in total. The first-order valence-electron chi connectivity index (χ1n) is 9.56. The highest BCUT2D eigenvalue weighted by Crippen LogP contribution is 2.45. The van der Waals surface area contributed by atoms with Crippen LogP contribution in [0.1, 0.15) is 18.6 Å². The molecule has 0 bridgehead atoms. The summed E-state index contributed by atoms with van der Waals surface area (Å²) in [5.41, 5.74) is 0.960. The molecule has 3 heterocycles. The first kappa shape index (κ1) is 20.2. The van der Waals surface area contributed by atoms with Crippen molar-refractivity contribution in [2.45, 2.75) is 24.3 Å². The van der Waals surface area contributed by atoms with Crippen LogP contribution < -0.4 is 4.74 Å². The zero-order valence-corrected chi connectivity index (χ0v) is 17.8. The van der Waals surface area contributed by atoms with Gasteiger partial charge in [0.05, 0.1) is 24.3 Å². The van der Waals surface area contributed by atoms with E-state index in [0.29, 0.717) is 25.4 Å². The molecule has 1 aromatic heterocycles. The molecule has 2 saturated heterocycles. The van der Waals surface area contributed by atoms with Crippen molar-refractivity contribution in [1.82, 2.24) is 9.80 Å². The highest BCUT2D eigenvalue weighted by Gasteiger charge is 2.48. The summed E-state index contributed by atoms with van der Waals surface area (Å²) in [6.45, 7) is 1.68. The van der Waals surface area contributed by atoms with E-state index in [4.69, 9.17) is 20.8 Å². The van der Waals surface area contributed by atoms with Gasteiger partial charge in [0.25, 0.3) is 0 Å². The van der Waals surface area contributed by atoms with Gasteiger partial charge in [0.1, 0.15) is 23.2 Å². The first-order chi connectivity index (χ1) is 14.0. The van der Waals surface area contributed by atoms with E-state index in [9.17, 15) is 9.59 Å². The third-order valence-electron chi connectivity index (χ3n) is 5.62. The average Bonchev–Trinajstić information content (AvgIpc) is 3.35. The third-order valence-corrected chi connectivity index (χ3v) is 7.41. The number of methoxy groups -OCH3 is 1. The van der Waals surface area contributed by atoms with Crippen molar-refractivity contribution in [3.63, 3.8) is 0 Å². The molecule has 1 aromatic carbocycles. The van der Waals surface area contributed by atoms with Crippen molar-refractivity contribution in [1.29, 1.82) is 0 Å². The minimum Gasteiger partial charge on any atom is -0.497 e. The highest BCUT2D eigenvalue weighted by molar-refractivity contribution is 8.01. The van der Waals surface area contributed by atoms with Crippen molar-refractivity contribution >= 4 is 35.2 Å². The number of likely N-dealkylation sites (tertiary alicyclic amines) is 1. The van der Waals surface area contributed by atoms with E-state index in [0.717, 1.165) is 35.7 Å². The number of hydrogen-bond donors (Lipinski definition) is 0. The van der Waals surface area contributed by atoms with Crippen molar-refractivity contribution in [3.8, 4) is 17.1 Å². The van der Waals surface area contributed by atoms with E-state index in [-0.39, 0.29) is 22.6 Å². The fourth-order valence-corrected chi connectivity index (χ4v) is 5.46. The topological polar surface area (TPSA) is 63.0 Å². The predicted molar refractivity (Wildman–Crippen MR) is 113 cm³/mol. The van der Waals surface area contributed by atoms with Crippen LogP contribution in [-0.2, 0) is 16.1 Å². The molecule has 2 aliphatic heterocycles. The predicted octanol–water partition coefficient (Wildman–Crippen LogP) is 3.59. The Balaban J connectivity index is 1.47. The number of alkyl halides is 1. The Labute approximate surface area is 179 Å². The lowest BCUT2D eigenvalue weighted by molar-refractivity contribution is -0.134. The molecule has 0 aliphatic carbocycles. The molecule has 29 heavy (non-hydrogen) atoms. The molecular formula is C21H23ClN2O4S. The van der Waals surface area contributed by atoms with Gasteiger partial charge < -0.3 is 19.0 Å². The van der Waals surface area contributed by atoms with Gasteiger partial charge in [0.2, 0.25) is 11.8 Å². The lowest BCUT2D eigenvalue weighted by atomic mass is 10.0. The molecule has 0 N–H and O–H groups in total. The molecule has 0 atom stereocenters. The van der Waals surface area contributed by atoms with E-state index in [1.807, 2.05) is 41.3 Å². The number of ether oxygens (including phenoxy) is 1. The second-order valence-electron chi connectivity index (χ2n) is 7.22. The van der Waals surface area contributed by atoms with Gasteiger partial charge in [-0.2, -0.15) is 0 Å². The highest BCUT2D eigenvalue weighted by atomic mass is 35.5. The molecule has 2 amide bonds.